The van der Waals surface area contributed by atoms with Crippen LogP contribution < -0.4 is 4.74 Å². The normalized spacial score (nSPS) is 14.8. The second kappa shape index (κ2) is 4.57. The highest BCUT2D eigenvalue weighted by atomic mass is 35.5. The second-order valence-electron chi connectivity index (χ2n) is 4.19. The minimum absolute atomic E-state index is 0.0675. The van der Waals surface area contributed by atoms with E-state index in [1.54, 1.807) is 6.07 Å². The number of benzene rings is 1. The van der Waals surface area contributed by atoms with E-state index in [1.165, 1.54) is 12.1 Å². The molecule has 0 saturated heterocycles. The molecule has 6 heteroatoms. The summed E-state index contributed by atoms with van der Waals surface area (Å²) in [5.41, 5.74) is 0. The topological polar surface area (TPSA) is 48.2 Å². The number of aromatic nitrogens is 2. The molecule has 18 heavy (non-hydrogen) atoms. The van der Waals surface area contributed by atoms with Crippen LogP contribution in [0.3, 0.4) is 0 Å². The maximum atomic E-state index is 13.2. The first-order valence-electron chi connectivity index (χ1n) is 5.63. The molecule has 3 rings (SSSR count). The Morgan fingerprint density at radius 1 is 1.44 bits per heavy atom. The number of halogens is 2. The lowest BCUT2D eigenvalue weighted by molar-refractivity contribution is 0.284. The van der Waals surface area contributed by atoms with Crippen molar-refractivity contribution < 1.29 is 13.7 Å². The molecule has 0 unspecified atom stereocenters. The van der Waals surface area contributed by atoms with Crippen molar-refractivity contribution in [1.82, 2.24) is 10.1 Å². The van der Waals surface area contributed by atoms with Crippen molar-refractivity contribution in [3.63, 3.8) is 0 Å². The van der Waals surface area contributed by atoms with E-state index in [1.807, 2.05) is 0 Å². The zero-order valence-corrected chi connectivity index (χ0v) is 10.2. The van der Waals surface area contributed by atoms with Gasteiger partial charge < -0.3 is 9.26 Å². The number of ether oxygens (including phenoxy) is 1. The van der Waals surface area contributed by atoms with Crippen LogP contribution in [0.2, 0.25) is 5.02 Å². The lowest BCUT2D eigenvalue weighted by Crippen LogP contribution is -1.98. The Kier molecular flexibility index (Phi) is 2.91. The molecular formula is C12H10ClFN2O2. The third-order valence-corrected chi connectivity index (χ3v) is 2.98. The Morgan fingerprint density at radius 3 is 3.00 bits per heavy atom. The van der Waals surface area contributed by atoms with Crippen LogP contribution in [-0.4, -0.2) is 10.1 Å². The summed E-state index contributed by atoms with van der Waals surface area (Å²) >= 11 is 5.57. The monoisotopic (exact) mass is 268 g/mol. The van der Waals surface area contributed by atoms with Crippen LogP contribution in [0, 0.1) is 5.82 Å². The standard InChI is InChI=1S/C12H10ClFN2O2/c13-9-4-3-8(5-10(9)14)17-6-11-15-12(18-16-11)7-1-2-7/h3-5,7H,1-2,6H2. The van der Waals surface area contributed by atoms with Crippen LogP contribution in [0.5, 0.6) is 5.75 Å². The molecule has 1 aliphatic rings. The van der Waals surface area contributed by atoms with Gasteiger partial charge in [-0.25, -0.2) is 4.39 Å². The van der Waals surface area contributed by atoms with Crippen molar-refractivity contribution in [3.05, 3.63) is 40.8 Å². The highest BCUT2D eigenvalue weighted by Crippen LogP contribution is 2.38. The average molecular weight is 269 g/mol. The van der Waals surface area contributed by atoms with Gasteiger partial charge in [-0.2, -0.15) is 4.98 Å². The predicted molar refractivity (Wildman–Crippen MR) is 62.0 cm³/mol. The summed E-state index contributed by atoms with van der Waals surface area (Å²) in [4.78, 5) is 4.20. The zero-order chi connectivity index (χ0) is 12.5. The van der Waals surface area contributed by atoms with Crippen LogP contribution >= 0.6 is 11.6 Å². The van der Waals surface area contributed by atoms with E-state index in [2.05, 4.69) is 10.1 Å². The van der Waals surface area contributed by atoms with E-state index in [9.17, 15) is 4.39 Å². The summed E-state index contributed by atoms with van der Waals surface area (Å²) in [6, 6.07) is 4.26. The first-order chi connectivity index (χ1) is 8.72. The van der Waals surface area contributed by atoms with Gasteiger partial charge in [0.05, 0.1) is 5.02 Å². The molecule has 1 heterocycles. The molecule has 4 nitrogen and oxygen atoms in total. The molecule has 1 aromatic heterocycles. The smallest absolute Gasteiger partial charge is 0.229 e. The summed E-state index contributed by atoms with van der Waals surface area (Å²) in [6.45, 7) is 0.150. The largest absolute Gasteiger partial charge is 0.485 e. The minimum Gasteiger partial charge on any atom is -0.485 e. The van der Waals surface area contributed by atoms with Gasteiger partial charge in [0.15, 0.2) is 6.61 Å². The van der Waals surface area contributed by atoms with Gasteiger partial charge in [0, 0.05) is 12.0 Å². The van der Waals surface area contributed by atoms with Crippen LogP contribution in [-0.2, 0) is 6.61 Å². The molecule has 0 amide bonds. The summed E-state index contributed by atoms with van der Waals surface area (Å²) in [6.07, 6.45) is 2.20. The number of nitrogens with zero attached hydrogens (tertiary/aromatic N) is 2. The lowest BCUT2D eigenvalue weighted by Gasteiger charge is -2.03. The molecule has 2 aromatic rings. The van der Waals surface area contributed by atoms with Crippen LogP contribution in [0.1, 0.15) is 30.5 Å². The molecule has 0 radical (unpaired) electrons. The Labute approximate surface area is 108 Å². The Bertz CT molecular complexity index is 569. The molecule has 0 bridgehead atoms. The van der Waals surface area contributed by atoms with Crippen LogP contribution in [0.4, 0.5) is 4.39 Å². The maximum Gasteiger partial charge on any atom is 0.229 e. The SMILES string of the molecule is Fc1cc(OCc2noc(C3CC3)n2)ccc1Cl. The molecule has 94 valence electrons. The summed E-state index contributed by atoms with van der Waals surface area (Å²) in [5, 5.41) is 3.87. The van der Waals surface area contributed by atoms with Gasteiger partial charge in [-0.1, -0.05) is 16.8 Å². The summed E-state index contributed by atoms with van der Waals surface area (Å²) in [5.74, 6) is 1.41. The van der Waals surface area contributed by atoms with E-state index in [-0.39, 0.29) is 11.6 Å². The summed E-state index contributed by atoms with van der Waals surface area (Å²) < 4.78 is 23.6. The zero-order valence-electron chi connectivity index (χ0n) is 9.40. The maximum absolute atomic E-state index is 13.2. The van der Waals surface area contributed by atoms with Crippen molar-refractivity contribution in [1.29, 1.82) is 0 Å². The molecule has 0 spiro atoms. The van der Waals surface area contributed by atoms with Crippen LogP contribution in [0.15, 0.2) is 22.7 Å². The second-order valence-corrected chi connectivity index (χ2v) is 4.59. The third kappa shape index (κ3) is 2.46. The number of hydrogen-bond donors (Lipinski definition) is 0. The Morgan fingerprint density at radius 2 is 2.28 bits per heavy atom. The van der Waals surface area contributed by atoms with Crippen LogP contribution in [0.25, 0.3) is 0 Å². The summed E-state index contributed by atoms with van der Waals surface area (Å²) in [7, 11) is 0. The van der Waals surface area contributed by atoms with Crippen molar-refractivity contribution in [2.45, 2.75) is 25.4 Å². The van der Waals surface area contributed by atoms with Gasteiger partial charge in [-0.3, -0.25) is 0 Å². The van der Waals surface area contributed by atoms with E-state index >= 15 is 0 Å². The fraction of sp³-hybridized carbons (Fsp3) is 0.333. The first-order valence-corrected chi connectivity index (χ1v) is 6.00. The van der Waals surface area contributed by atoms with Gasteiger partial charge >= 0.3 is 0 Å². The van der Waals surface area contributed by atoms with E-state index in [4.69, 9.17) is 20.9 Å². The lowest BCUT2D eigenvalue weighted by atomic mass is 10.3. The quantitative estimate of drug-likeness (QED) is 0.853. The molecule has 1 fully saturated rings. The highest BCUT2D eigenvalue weighted by Gasteiger charge is 2.29. The van der Waals surface area contributed by atoms with Crippen molar-refractivity contribution in [2.24, 2.45) is 0 Å². The molecule has 1 aromatic carbocycles. The molecule has 0 aliphatic heterocycles. The molecule has 1 saturated carbocycles. The molecular weight excluding hydrogens is 259 g/mol. The highest BCUT2D eigenvalue weighted by molar-refractivity contribution is 6.30. The Hall–Kier alpha value is -1.62. The first kappa shape index (κ1) is 11.5. The van der Waals surface area contributed by atoms with E-state index < -0.39 is 5.82 Å². The number of hydrogen-bond acceptors (Lipinski definition) is 4. The fourth-order valence-electron chi connectivity index (χ4n) is 1.54. The van der Waals surface area contributed by atoms with Crippen molar-refractivity contribution in [2.75, 3.05) is 0 Å². The van der Waals surface area contributed by atoms with Gasteiger partial charge in [0.2, 0.25) is 11.7 Å². The van der Waals surface area contributed by atoms with Crippen molar-refractivity contribution >= 4 is 11.6 Å². The average Bonchev–Trinajstić information content (AvgIpc) is 3.11. The van der Waals surface area contributed by atoms with E-state index in [0.29, 0.717) is 23.4 Å². The van der Waals surface area contributed by atoms with Gasteiger partial charge in [0.1, 0.15) is 11.6 Å². The van der Waals surface area contributed by atoms with E-state index in [0.717, 1.165) is 12.8 Å². The molecule has 0 N–H and O–H groups in total. The predicted octanol–water partition coefficient (Wildman–Crippen LogP) is 3.32. The van der Waals surface area contributed by atoms with Gasteiger partial charge in [-0.05, 0) is 25.0 Å². The molecule has 0 atom stereocenters. The fourth-order valence-corrected chi connectivity index (χ4v) is 1.65. The van der Waals surface area contributed by atoms with Crippen molar-refractivity contribution in [3.8, 4) is 5.75 Å². The third-order valence-electron chi connectivity index (χ3n) is 2.67. The van der Waals surface area contributed by atoms with Gasteiger partial charge in [-0.15, -0.1) is 0 Å². The minimum atomic E-state index is -0.513. The van der Waals surface area contributed by atoms with Gasteiger partial charge in [0.25, 0.3) is 0 Å². The molecule has 1 aliphatic carbocycles. The number of rotatable bonds is 4. The Balaban J connectivity index is 1.63.